The van der Waals surface area contributed by atoms with Gasteiger partial charge in [0, 0.05) is 98.8 Å². The number of carbonyl (C=O) groups excluding carboxylic acids is 2. The van der Waals surface area contributed by atoms with Crippen molar-refractivity contribution in [2.45, 2.75) is 19.0 Å². The first kappa shape index (κ1) is 39.7. The number of rotatable bonds is 14. The fraction of sp³-hybridized carbons (Fsp3) is 0.593. The minimum atomic E-state index is -1.02. The van der Waals surface area contributed by atoms with E-state index in [1.54, 1.807) is 14.7 Å². The molecule has 7 N–H and O–H groups in total. The van der Waals surface area contributed by atoms with E-state index >= 15 is 0 Å². The minimum absolute atomic E-state index is 0. The third kappa shape index (κ3) is 16.6. The first-order valence-electron chi connectivity index (χ1n) is 13.9. The van der Waals surface area contributed by atoms with Crippen molar-refractivity contribution in [3.05, 3.63) is 35.4 Å². The number of hydrogen-bond acceptors (Lipinski definition) is 11. The molecule has 0 unspecified atom stereocenters. The first-order chi connectivity index (χ1) is 20.4. The zero-order valence-electron chi connectivity index (χ0n) is 24.8. The van der Waals surface area contributed by atoms with E-state index in [4.69, 9.17) is 5.73 Å². The van der Waals surface area contributed by atoms with Gasteiger partial charge in [0.25, 0.3) is 5.91 Å². The van der Waals surface area contributed by atoms with Crippen LogP contribution in [0.25, 0.3) is 0 Å². The molecule has 17 heteroatoms. The molecule has 1 heterocycles. The molecule has 1 aliphatic rings. The Bertz CT molecular complexity index is 1050. The summed E-state index contributed by atoms with van der Waals surface area (Å²) in [5, 5.41) is 30.9. The van der Waals surface area contributed by atoms with Gasteiger partial charge in [0.05, 0.1) is 39.3 Å². The summed E-state index contributed by atoms with van der Waals surface area (Å²) < 4.78 is 0. The van der Waals surface area contributed by atoms with Gasteiger partial charge in [0.2, 0.25) is 5.91 Å². The van der Waals surface area contributed by atoms with Crippen molar-refractivity contribution in [3.8, 4) is 0 Å². The number of nitrogens with one attached hydrogen (secondary N) is 2. The van der Waals surface area contributed by atoms with Gasteiger partial charge < -0.3 is 26.4 Å². The predicted molar refractivity (Wildman–Crippen MR) is 154 cm³/mol. The zero-order chi connectivity index (χ0) is 31.8. The molecule has 0 spiro atoms. The molecule has 1 saturated heterocycles. The van der Waals surface area contributed by atoms with Gasteiger partial charge in [0.1, 0.15) is 0 Å². The summed E-state index contributed by atoms with van der Waals surface area (Å²) in [6, 6.07) is 6.53. The van der Waals surface area contributed by atoms with Crippen molar-refractivity contribution < 1.29 is 84.1 Å². The first-order valence-corrected chi connectivity index (χ1v) is 13.9. The number of carboxylic acids is 3. The Morgan fingerprint density at radius 3 is 1.45 bits per heavy atom. The number of aliphatic carboxylic acids is 3. The molecule has 0 radical (unpaired) electrons. The number of nitrogens with zero attached hydrogens (tertiary/aromatic N) is 4. The summed E-state index contributed by atoms with van der Waals surface area (Å²) >= 11 is 0. The smallest absolute Gasteiger partial charge is 0.317 e. The molecule has 44 heavy (non-hydrogen) atoms. The van der Waals surface area contributed by atoms with Crippen LogP contribution in [0.15, 0.2) is 24.3 Å². The average Bonchev–Trinajstić information content (AvgIpc) is 2.93. The van der Waals surface area contributed by atoms with Crippen LogP contribution in [0.4, 0.5) is 0 Å². The molecule has 2 rings (SSSR count). The Balaban J connectivity index is 0.00000968. The molecule has 0 aliphatic carbocycles. The van der Waals surface area contributed by atoms with Crippen LogP contribution in [0.3, 0.4) is 0 Å². The maximum absolute atomic E-state index is 12.9. The Hall–Kier alpha value is -2.35. The Kier molecular flexibility index (Phi) is 19.3. The number of carboxylic acid groups (broad SMARTS) is 3. The van der Waals surface area contributed by atoms with Gasteiger partial charge in [-0.3, -0.25) is 48.4 Å². The van der Waals surface area contributed by atoms with Gasteiger partial charge in [0.15, 0.2) is 0 Å². The largest absolute Gasteiger partial charge is 0.480 e. The molecule has 1 aromatic rings. The van der Waals surface area contributed by atoms with Gasteiger partial charge in [-0.25, -0.2) is 5.48 Å². The van der Waals surface area contributed by atoms with E-state index in [1.165, 1.54) is 7.11 Å². The van der Waals surface area contributed by atoms with Crippen LogP contribution in [-0.2, 0) is 41.8 Å². The monoisotopic (exact) mass is 767 g/mol. The number of carbonyl (C=O) groups is 5. The van der Waals surface area contributed by atoms with E-state index in [0.717, 1.165) is 11.1 Å². The maximum Gasteiger partial charge on any atom is 0.317 e. The summed E-state index contributed by atoms with van der Waals surface area (Å²) in [5.74, 6) is -3.74. The van der Waals surface area contributed by atoms with Crippen molar-refractivity contribution in [3.63, 3.8) is 0 Å². The number of hydroxylamine groups is 1. The summed E-state index contributed by atoms with van der Waals surface area (Å²) in [5.41, 5.74) is 9.74. The van der Waals surface area contributed by atoms with Crippen molar-refractivity contribution in [2.75, 3.05) is 85.6 Å². The van der Waals surface area contributed by atoms with E-state index in [-0.39, 0.29) is 78.6 Å². The van der Waals surface area contributed by atoms with Crippen molar-refractivity contribution in [1.82, 2.24) is 30.4 Å². The van der Waals surface area contributed by atoms with E-state index in [2.05, 4.69) is 15.6 Å². The molecule has 2 amide bonds. The van der Waals surface area contributed by atoms with Crippen LogP contribution in [0.5, 0.6) is 0 Å². The maximum atomic E-state index is 12.9. The standard InChI is InChI=1S/C27H43N7O9.Gd/c1-43-30-27(42)22(28)14-20-2-4-21(5-3-20)15-29-23(35)16-31-6-8-32(17-24(36)37)10-12-34(19-26(40)41)13-11-33(9-7-31)18-25(38)39;/h2-5,22H,6-19,28H2,1H3,(H,29,35)(H,30,42)(H,36,37)(H,38,39)(H,40,41);/t22-;/m1./s1. The molecule has 1 aromatic carbocycles. The average molecular weight is 767 g/mol. The Morgan fingerprint density at radius 2 is 1.09 bits per heavy atom. The topological polar surface area (TPSA) is 218 Å². The van der Waals surface area contributed by atoms with Crippen LogP contribution in [-0.4, -0.2) is 156 Å². The second-order valence-corrected chi connectivity index (χ2v) is 10.4. The minimum Gasteiger partial charge on any atom is -0.480 e. The summed E-state index contributed by atoms with van der Waals surface area (Å²) in [6.07, 6.45) is 0.312. The molecule has 1 fully saturated rings. The van der Waals surface area contributed by atoms with Crippen molar-refractivity contribution >= 4 is 29.7 Å². The van der Waals surface area contributed by atoms with Crippen LogP contribution >= 0.6 is 0 Å². The predicted octanol–water partition coefficient (Wildman–Crippen LogP) is -2.67. The molecule has 248 valence electrons. The Morgan fingerprint density at radius 1 is 0.727 bits per heavy atom. The number of hydrogen-bond donors (Lipinski definition) is 6. The van der Waals surface area contributed by atoms with Crippen LogP contribution < -0.4 is 16.5 Å². The van der Waals surface area contributed by atoms with Crippen molar-refractivity contribution in [1.29, 1.82) is 0 Å². The van der Waals surface area contributed by atoms with E-state index in [9.17, 15) is 39.3 Å². The SMILES string of the molecule is CONC(=O)[C@H](N)Cc1ccc(CNC(=O)CN2CCN(CC(=O)O)CCN(CC(=O)O)CCN(CC(=O)O)CC2)cc1.[Gd]. The van der Waals surface area contributed by atoms with Crippen LogP contribution in [0.2, 0.25) is 0 Å². The summed E-state index contributed by atoms with van der Waals surface area (Å²) in [7, 11) is 1.33. The van der Waals surface area contributed by atoms with Gasteiger partial charge in [-0.15, -0.1) is 0 Å². The molecule has 1 atom stereocenters. The second-order valence-electron chi connectivity index (χ2n) is 10.4. The molecule has 0 aromatic heterocycles. The second kappa shape index (κ2) is 21.4. The molecule has 16 nitrogen and oxygen atoms in total. The number of nitrogens with two attached hydrogens (primary N) is 1. The molecular weight excluding hydrogens is 724 g/mol. The third-order valence-corrected chi connectivity index (χ3v) is 6.88. The van der Waals surface area contributed by atoms with Gasteiger partial charge in [-0.05, 0) is 17.5 Å². The van der Waals surface area contributed by atoms with Crippen molar-refractivity contribution in [2.24, 2.45) is 5.73 Å². The zero-order valence-corrected chi connectivity index (χ0v) is 27.1. The third-order valence-electron chi connectivity index (χ3n) is 6.88. The normalized spacial score (nSPS) is 16.9. The van der Waals surface area contributed by atoms with E-state index < -0.39 is 29.9 Å². The van der Waals surface area contributed by atoms with Gasteiger partial charge in [-0.2, -0.15) is 0 Å². The fourth-order valence-electron chi connectivity index (χ4n) is 4.56. The molecular formula is C27H43GdN7O9. The van der Waals surface area contributed by atoms with E-state index in [0.29, 0.717) is 58.8 Å². The Labute approximate surface area is 288 Å². The quantitative estimate of drug-likeness (QED) is 0.107. The fourth-order valence-corrected chi connectivity index (χ4v) is 4.56. The van der Waals surface area contributed by atoms with Gasteiger partial charge >= 0.3 is 17.9 Å². The molecule has 1 aliphatic heterocycles. The van der Waals surface area contributed by atoms with Gasteiger partial charge in [-0.1, -0.05) is 24.3 Å². The number of benzene rings is 1. The number of amides is 2. The summed E-state index contributed by atoms with van der Waals surface area (Å²) in [6.45, 7) is 2.14. The van der Waals surface area contributed by atoms with Crippen LogP contribution in [0, 0.1) is 39.9 Å². The molecule has 0 saturated carbocycles. The van der Waals surface area contributed by atoms with E-state index in [1.807, 2.05) is 29.2 Å². The molecule has 0 bridgehead atoms. The summed E-state index contributed by atoms with van der Waals surface area (Å²) in [4.78, 5) is 70.3. The van der Waals surface area contributed by atoms with Crippen LogP contribution in [0.1, 0.15) is 11.1 Å².